The summed E-state index contributed by atoms with van der Waals surface area (Å²) < 4.78 is 14.6. The molecule has 0 radical (unpaired) electrons. The van der Waals surface area contributed by atoms with E-state index in [0.29, 0.717) is 55.9 Å². The van der Waals surface area contributed by atoms with Crippen LogP contribution in [-0.2, 0) is 33.4 Å². The summed E-state index contributed by atoms with van der Waals surface area (Å²) in [6, 6.07) is -1.36. The molecule has 2 saturated heterocycles. The first-order valence-electron chi connectivity index (χ1n) is 20.9. The number of methoxy groups -OCH3 is 2. The topological polar surface area (TPSA) is 208 Å². The molecule has 7 N–H and O–H groups in total. The second-order valence-electron chi connectivity index (χ2n) is 16.8. The number of carbonyl (C=O) groups excluding carboxylic acids is 5. The Morgan fingerprint density at radius 3 is 2.33 bits per heavy atom. The molecule has 332 valence electrons. The highest BCUT2D eigenvalue weighted by molar-refractivity contribution is 7.97. The summed E-state index contributed by atoms with van der Waals surface area (Å²) in [7, 11) is 10.6. The maximum atomic E-state index is 14.1. The van der Waals surface area contributed by atoms with Gasteiger partial charge in [-0.15, -0.1) is 0 Å². The lowest BCUT2D eigenvalue weighted by molar-refractivity contribution is -0.146. The molecule has 58 heavy (non-hydrogen) atoms. The van der Waals surface area contributed by atoms with Gasteiger partial charge in [0.15, 0.2) is 0 Å². The summed E-state index contributed by atoms with van der Waals surface area (Å²) in [6.07, 6.45) is 6.51. The Morgan fingerprint density at radius 1 is 1.02 bits per heavy atom. The fourth-order valence-corrected chi connectivity index (χ4v) is 9.64. The third-order valence-corrected chi connectivity index (χ3v) is 13.1. The van der Waals surface area contributed by atoms with Crippen molar-refractivity contribution in [2.45, 2.75) is 121 Å². The number of ether oxygens (including phenoxy) is 2. The van der Waals surface area contributed by atoms with Crippen molar-refractivity contribution >= 4 is 41.5 Å². The quantitative estimate of drug-likeness (QED) is 0.0394. The van der Waals surface area contributed by atoms with E-state index in [4.69, 9.17) is 21.1 Å². The number of nitrogens with one attached hydrogen (secondary N) is 3. The van der Waals surface area contributed by atoms with E-state index in [9.17, 15) is 24.0 Å². The fourth-order valence-electron chi connectivity index (χ4n) is 8.95. The van der Waals surface area contributed by atoms with Crippen LogP contribution in [0.2, 0.25) is 0 Å². The first-order chi connectivity index (χ1) is 27.4. The molecule has 18 heteroatoms. The zero-order valence-corrected chi connectivity index (χ0v) is 37.5. The van der Waals surface area contributed by atoms with Crippen molar-refractivity contribution in [2.75, 3.05) is 74.3 Å². The molecule has 1 aliphatic carbocycles. The number of amides is 5. The molecule has 2 heterocycles. The molecule has 0 aromatic carbocycles. The van der Waals surface area contributed by atoms with Crippen LogP contribution in [0.5, 0.6) is 0 Å². The number of hydrogen-bond donors (Lipinski definition) is 5. The van der Waals surface area contributed by atoms with Crippen LogP contribution in [0, 0.1) is 17.8 Å². The van der Waals surface area contributed by atoms with Crippen LogP contribution in [0.4, 0.5) is 0 Å². The van der Waals surface area contributed by atoms with E-state index in [2.05, 4.69) is 20.3 Å². The van der Waals surface area contributed by atoms with Gasteiger partial charge < -0.3 is 45.5 Å². The number of likely N-dealkylation sites (tertiary alicyclic amines) is 2. The molecule has 3 fully saturated rings. The van der Waals surface area contributed by atoms with Gasteiger partial charge in [0.1, 0.15) is 6.04 Å². The minimum atomic E-state index is -0.798. The first-order valence-corrected chi connectivity index (χ1v) is 21.9. The van der Waals surface area contributed by atoms with Crippen LogP contribution in [0.3, 0.4) is 0 Å². The average molecular weight is 839 g/mol. The molecule has 5 amide bonds. The smallest absolute Gasteiger partial charge is 0.252 e. The number of hydrogen-bond acceptors (Lipinski definition) is 13. The molecule has 2 bridgehead atoms. The molecule has 0 spiro atoms. The van der Waals surface area contributed by atoms with Gasteiger partial charge in [0, 0.05) is 64.6 Å². The molecule has 0 aromatic heterocycles. The Balaban J connectivity index is 1.54. The van der Waals surface area contributed by atoms with Crippen molar-refractivity contribution in [2.24, 2.45) is 29.3 Å². The Morgan fingerprint density at radius 2 is 1.72 bits per heavy atom. The van der Waals surface area contributed by atoms with Crippen molar-refractivity contribution in [1.82, 2.24) is 40.0 Å². The summed E-state index contributed by atoms with van der Waals surface area (Å²) in [6.45, 7) is 8.96. The van der Waals surface area contributed by atoms with Crippen molar-refractivity contribution in [1.29, 1.82) is 0 Å². The van der Waals surface area contributed by atoms with E-state index in [0.717, 1.165) is 32.1 Å². The Kier molecular flexibility index (Phi) is 20.0. The number of likely N-dealkylation sites (N-methyl/N-ethyl adjacent to an activating group) is 3. The second-order valence-corrected chi connectivity index (χ2v) is 17.7. The molecular formula is C40H74N10O7S. The van der Waals surface area contributed by atoms with Crippen LogP contribution < -0.4 is 26.9 Å². The lowest BCUT2D eigenvalue weighted by Gasteiger charge is -2.39. The van der Waals surface area contributed by atoms with Gasteiger partial charge in [-0.2, -0.15) is 0 Å². The molecule has 3 aliphatic rings. The Hall–Kier alpha value is -3.16. The van der Waals surface area contributed by atoms with Gasteiger partial charge >= 0.3 is 0 Å². The van der Waals surface area contributed by atoms with Gasteiger partial charge in [0.05, 0.1) is 49.2 Å². The Bertz CT molecular complexity index is 1410. The lowest BCUT2D eigenvalue weighted by atomic mass is 9.90. The largest absolute Gasteiger partial charge is 0.400 e. The third-order valence-electron chi connectivity index (χ3n) is 12.3. The van der Waals surface area contributed by atoms with Crippen LogP contribution in [0.1, 0.15) is 79.1 Å². The van der Waals surface area contributed by atoms with Gasteiger partial charge in [-0.1, -0.05) is 39.1 Å². The van der Waals surface area contributed by atoms with Gasteiger partial charge in [-0.25, -0.2) is 5.84 Å². The number of piperidine rings is 1. The normalized spacial score (nSPS) is 23.9. The van der Waals surface area contributed by atoms with E-state index in [1.54, 1.807) is 44.0 Å². The predicted octanol–water partition coefficient (Wildman–Crippen LogP) is 0.702. The van der Waals surface area contributed by atoms with Crippen LogP contribution in [0.25, 0.3) is 0 Å². The van der Waals surface area contributed by atoms with Gasteiger partial charge in [-0.3, -0.25) is 33.6 Å². The van der Waals surface area contributed by atoms with Crippen molar-refractivity contribution < 1.29 is 33.4 Å². The second kappa shape index (κ2) is 23.6. The maximum absolute atomic E-state index is 14.1. The van der Waals surface area contributed by atoms with Crippen LogP contribution >= 0.6 is 11.9 Å². The van der Waals surface area contributed by atoms with Gasteiger partial charge in [-0.05, 0) is 78.4 Å². The summed E-state index contributed by atoms with van der Waals surface area (Å²) in [5.74, 6) is 5.08. The summed E-state index contributed by atoms with van der Waals surface area (Å²) in [4.78, 5) is 74.6. The number of nitrogens with zero attached hydrogens (tertiary/aromatic N) is 5. The molecule has 17 nitrogen and oxygen atoms in total. The number of carbonyl (C=O) groups is 5. The summed E-state index contributed by atoms with van der Waals surface area (Å²) >= 11 is 1.24. The zero-order chi connectivity index (χ0) is 43.3. The van der Waals surface area contributed by atoms with Gasteiger partial charge in [0.2, 0.25) is 23.6 Å². The van der Waals surface area contributed by atoms with E-state index in [1.807, 2.05) is 39.9 Å². The number of hydrazine groups is 1. The molecule has 3 rings (SSSR count). The highest BCUT2D eigenvalue weighted by Crippen LogP contribution is 2.41. The molecule has 2 aliphatic heterocycles. The molecular weight excluding hydrogens is 765 g/mol. The molecule has 9 unspecified atom stereocenters. The Labute approximate surface area is 351 Å². The minimum Gasteiger partial charge on any atom is -0.400 e. The first kappa shape index (κ1) is 49.2. The van der Waals surface area contributed by atoms with Crippen LogP contribution in [-0.4, -0.2) is 171 Å². The van der Waals surface area contributed by atoms with E-state index in [-0.39, 0.29) is 60.5 Å². The summed E-state index contributed by atoms with van der Waals surface area (Å²) in [5.41, 5.74) is 6.62. The maximum Gasteiger partial charge on any atom is 0.252 e. The molecule has 1 saturated carbocycles. The monoisotopic (exact) mass is 839 g/mol. The van der Waals surface area contributed by atoms with Crippen molar-refractivity contribution in [3.05, 3.63) is 11.9 Å². The predicted molar refractivity (Wildman–Crippen MR) is 226 cm³/mol. The SMILES string of the molecule is CCC(C)C(C(CC(=O)N1CCCC1C(OC)C(C)C(=O)N[C@@H](C)C(=O)NSCCCN(N)/C=C(\N)CN(C)C)OC)N(C)C(=O)CNC(=O)C1C2CCC(C2)N1C. The summed E-state index contributed by atoms with van der Waals surface area (Å²) in [5, 5.41) is 7.23. The van der Waals surface area contributed by atoms with E-state index >= 15 is 0 Å². The van der Waals surface area contributed by atoms with Crippen LogP contribution in [0.15, 0.2) is 11.9 Å². The van der Waals surface area contributed by atoms with Crippen molar-refractivity contribution in [3.63, 3.8) is 0 Å². The molecule has 10 atom stereocenters. The van der Waals surface area contributed by atoms with E-state index in [1.165, 1.54) is 24.1 Å². The minimum absolute atomic E-state index is 0.00171. The number of rotatable bonds is 24. The van der Waals surface area contributed by atoms with Gasteiger partial charge in [0.25, 0.3) is 5.91 Å². The lowest BCUT2D eigenvalue weighted by Crippen LogP contribution is -2.55. The zero-order valence-electron chi connectivity index (χ0n) is 36.7. The highest BCUT2D eigenvalue weighted by Gasteiger charge is 2.47. The number of nitrogens with two attached hydrogens (primary N) is 2. The van der Waals surface area contributed by atoms with E-state index < -0.39 is 30.2 Å². The van der Waals surface area contributed by atoms with Crippen molar-refractivity contribution in [3.8, 4) is 0 Å². The average Bonchev–Trinajstić information content (AvgIpc) is 3.93. The highest BCUT2D eigenvalue weighted by atomic mass is 32.2. The third kappa shape index (κ3) is 13.4. The number of fused-ring (bicyclic) bond motifs is 2. The molecule has 0 aromatic rings. The fraction of sp³-hybridized carbons (Fsp3) is 0.825. The standard InChI is InChI=1S/C40H74N10O7S/c1-11-25(2)35(48(8)34(52)22-43-40(55)36-28-15-16-30(20-28)47(36)7)32(56-9)21-33(51)50-18-12-14-31(50)37(57-10)26(3)38(53)44-27(4)39(54)45-58-19-13-17-49(42)24-29(41)23-46(5)6/h24-28,30-32,35-37H,11-23,41-42H2,1-10H3,(H,43,55)(H,44,53)(H,45,54)/b29-24-/t25?,26?,27-,28?,30?,31?,32?,35?,36?,37?/m0/s1.